The third kappa shape index (κ3) is 4.16. The van der Waals surface area contributed by atoms with Crippen LogP contribution in [0.5, 0.6) is 0 Å². The summed E-state index contributed by atoms with van der Waals surface area (Å²) in [5.41, 5.74) is 15.0. The number of ether oxygens (including phenoxy) is 1. The highest BCUT2D eigenvalue weighted by atomic mass is 16.5. The molecule has 0 heterocycles. The van der Waals surface area contributed by atoms with E-state index in [0.717, 1.165) is 12.8 Å². The molecule has 0 saturated heterocycles. The van der Waals surface area contributed by atoms with E-state index in [2.05, 4.69) is 97.0 Å². The van der Waals surface area contributed by atoms with Crippen molar-refractivity contribution in [3.05, 3.63) is 81.9 Å². The van der Waals surface area contributed by atoms with Crippen LogP contribution in [0, 0.1) is 5.92 Å². The van der Waals surface area contributed by atoms with Gasteiger partial charge in [0, 0.05) is 7.11 Å². The molecule has 1 nitrogen and oxygen atoms in total. The quantitative estimate of drug-likeness (QED) is 0.374. The smallest absolute Gasteiger partial charge is 0.0858 e. The highest BCUT2D eigenvalue weighted by Gasteiger charge is 2.38. The summed E-state index contributed by atoms with van der Waals surface area (Å²) in [4.78, 5) is 0. The molecule has 0 spiro atoms. The van der Waals surface area contributed by atoms with Crippen molar-refractivity contribution in [1.29, 1.82) is 0 Å². The zero-order valence-electron chi connectivity index (χ0n) is 23.0. The van der Waals surface area contributed by atoms with Crippen LogP contribution >= 0.6 is 0 Å². The number of fused-ring (bicyclic) bond motifs is 2. The molecule has 0 fully saturated rings. The Kier molecular flexibility index (Phi) is 5.99. The lowest BCUT2D eigenvalue weighted by atomic mass is 9.81. The maximum atomic E-state index is 6.20. The molecular weight excluding hydrogens is 424 g/mol. The van der Waals surface area contributed by atoms with Gasteiger partial charge in [-0.15, -0.1) is 0 Å². The average Bonchev–Trinajstić information content (AvgIpc) is 3.40. The summed E-state index contributed by atoms with van der Waals surface area (Å²) in [6.07, 6.45) is 4.83. The van der Waals surface area contributed by atoms with Crippen LogP contribution in [0.15, 0.2) is 48.5 Å². The van der Waals surface area contributed by atoms with Crippen LogP contribution in [0.2, 0.25) is 0 Å². The van der Waals surface area contributed by atoms with Crippen molar-refractivity contribution >= 4 is 0 Å². The monoisotopic (exact) mass is 466 g/mol. The Labute approximate surface area is 212 Å². The maximum Gasteiger partial charge on any atom is 0.0858 e. The van der Waals surface area contributed by atoms with Crippen LogP contribution in [0.3, 0.4) is 0 Å². The van der Waals surface area contributed by atoms with Crippen molar-refractivity contribution in [2.45, 2.75) is 91.1 Å². The zero-order valence-corrected chi connectivity index (χ0v) is 23.0. The summed E-state index contributed by atoms with van der Waals surface area (Å²) in [7, 11) is 1.90. The van der Waals surface area contributed by atoms with Gasteiger partial charge in [0.05, 0.1) is 6.10 Å². The van der Waals surface area contributed by atoms with Crippen molar-refractivity contribution in [1.82, 2.24) is 0 Å². The Morgan fingerprint density at radius 3 is 1.57 bits per heavy atom. The Morgan fingerprint density at radius 1 is 0.657 bits per heavy atom. The number of hydrogen-bond acceptors (Lipinski definition) is 1. The Morgan fingerprint density at radius 2 is 1.11 bits per heavy atom. The van der Waals surface area contributed by atoms with Gasteiger partial charge < -0.3 is 4.74 Å². The van der Waals surface area contributed by atoms with Gasteiger partial charge in [-0.25, -0.2) is 0 Å². The van der Waals surface area contributed by atoms with Crippen LogP contribution in [0.1, 0.15) is 94.4 Å². The number of methoxy groups -OCH3 is 1. The van der Waals surface area contributed by atoms with Gasteiger partial charge in [-0.2, -0.15) is 0 Å². The molecule has 0 aliphatic heterocycles. The summed E-state index contributed by atoms with van der Waals surface area (Å²) < 4.78 is 6.20. The first-order valence-electron chi connectivity index (χ1n) is 13.5. The second-order valence-corrected chi connectivity index (χ2v) is 12.9. The fraction of sp³-hybridized carbons (Fsp3) is 0.471. The second-order valence-electron chi connectivity index (χ2n) is 12.9. The molecule has 0 N–H and O–H groups in total. The molecule has 2 aliphatic carbocycles. The van der Waals surface area contributed by atoms with Gasteiger partial charge in [0.2, 0.25) is 0 Å². The van der Waals surface area contributed by atoms with Crippen molar-refractivity contribution in [3.8, 4) is 22.3 Å². The molecule has 2 atom stereocenters. The maximum absolute atomic E-state index is 6.20. The van der Waals surface area contributed by atoms with E-state index in [1.807, 2.05) is 7.11 Å². The van der Waals surface area contributed by atoms with Crippen molar-refractivity contribution < 1.29 is 4.74 Å². The first kappa shape index (κ1) is 24.3. The fourth-order valence-corrected chi connectivity index (χ4v) is 6.47. The van der Waals surface area contributed by atoms with Gasteiger partial charge in [0.25, 0.3) is 0 Å². The summed E-state index contributed by atoms with van der Waals surface area (Å²) in [5, 5.41) is 0. The topological polar surface area (TPSA) is 9.23 Å². The molecule has 0 aromatic heterocycles. The molecule has 1 heteroatoms. The van der Waals surface area contributed by atoms with Gasteiger partial charge in [-0.3, -0.25) is 0 Å². The fourth-order valence-electron chi connectivity index (χ4n) is 6.47. The van der Waals surface area contributed by atoms with Gasteiger partial charge >= 0.3 is 0 Å². The van der Waals surface area contributed by atoms with E-state index in [0.29, 0.717) is 5.92 Å². The summed E-state index contributed by atoms with van der Waals surface area (Å²) in [6.45, 7) is 16.1. The normalized spacial score (nSPS) is 19.7. The molecule has 35 heavy (non-hydrogen) atoms. The Balaban J connectivity index is 1.74. The Hall–Kier alpha value is -2.38. The predicted molar refractivity (Wildman–Crippen MR) is 149 cm³/mol. The Bertz CT molecular complexity index is 1230. The minimum absolute atomic E-state index is 0.154. The molecule has 0 radical (unpaired) electrons. The van der Waals surface area contributed by atoms with E-state index in [9.17, 15) is 0 Å². The van der Waals surface area contributed by atoms with Crippen LogP contribution in [0.25, 0.3) is 22.3 Å². The third-order valence-electron chi connectivity index (χ3n) is 8.38. The minimum Gasteiger partial charge on any atom is -0.376 e. The molecule has 0 bridgehead atoms. The van der Waals surface area contributed by atoms with Crippen molar-refractivity contribution in [3.63, 3.8) is 0 Å². The predicted octanol–water partition coefficient (Wildman–Crippen LogP) is 8.98. The van der Waals surface area contributed by atoms with Crippen LogP contribution in [-0.4, -0.2) is 7.11 Å². The number of rotatable bonds is 3. The molecular formula is C34H42O. The lowest BCUT2D eigenvalue weighted by Crippen LogP contribution is -2.11. The van der Waals surface area contributed by atoms with Crippen LogP contribution < -0.4 is 0 Å². The minimum atomic E-state index is 0.154. The van der Waals surface area contributed by atoms with Gasteiger partial charge in [0.15, 0.2) is 0 Å². The van der Waals surface area contributed by atoms with E-state index in [4.69, 9.17) is 4.74 Å². The number of hydrogen-bond donors (Lipinski definition) is 0. The van der Waals surface area contributed by atoms with Gasteiger partial charge in [0.1, 0.15) is 0 Å². The molecule has 2 aliphatic rings. The van der Waals surface area contributed by atoms with E-state index in [1.165, 1.54) is 57.3 Å². The van der Waals surface area contributed by atoms with E-state index in [-0.39, 0.29) is 16.9 Å². The zero-order chi connectivity index (χ0) is 25.1. The molecule has 3 aromatic rings. The molecule has 5 rings (SSSR count). The molecule has 0 saturated carbocycles. The molecule has 3 aromatic carbocycles. The third-order valence-corrected chi connectivity index (χ3v) is 8.38. The first-order chi connectivity index (χ1) is 16.5. The second kappa shape index (κ2) is 8.63. The summed E-state index contributed by atoms with van der Waals surface area (Å²) in [5.74, 6) is 0.484. The molecule has 0 amide bonds. The summed E-state index contributed by atoms with van der Waals surface area (Å²) >= 11 is 0. The van der Waals surface area contributed by atoms with Gasteiger partial charge in [-0.1, -0.05) is 97.0 Å². The average molecular weight is 467 g/mol. The standard InChI is InChI=1S/C34H42O/c1-21-20-28-29(22-12-16-24(17-13-22)33(2,3)4)26-10-9-11-27(26)30(31(28)32(21)35-8)23-14-18-25(19-15-23)34(5,6)7/h12-19,21,32H,9-11,20H2,1-8H3. The number of benzene rings is 3. The highest BCUT2D eigenvalue weighted by Crippen LogP contribution is 2.52. The highest BCUT2D eigenvalue weighted by molar-refractivity contribution is 5.85. The lowest BCUT2D eigenvalue weighted by Gasteiger charge is -2.25. The van der Waals surface area contributed by atoms with Gasteiger partial charge in [-0.05, 0) is 98.1 Å². The SMILES string of the molecule is COC1c2c(c(-c3ccc(C(C)(C)C)cc3)c3c(c2-c2ccc(C(C)(C)C)cc2)CCC3)CC1C. The van der Waals surface area contributed by atoms with Crippen molar-refractivity contribution in [2.75, 3.05) is 7.11 Å². The summed E-state index contributed by atoms with van der Waals surface area (Å²) in [6, 6.07) is 18.8. The van der Waals surface area contributed by atoms with Crippen LogP contribution in [-0.2, 0) is 34.8 Å². The largest absolute Gasteiger partial charge is 0.376 e. The van der Waals surface area contributed by atoms with Crippen LogP contribution in [0.4, 0.5) is 0 Å². The van der Waals surface area contributed by atoms with E-state index < -0.39 is 0 Å². The van der Waals surface area contributed by atoms with E-state index in [1.54, 1.807) is 11.1 Å². The first-order valence-corrected chi connectivity index (χ1v) is 13.5. The molecule has 184 valence electrons. The lowest BCUT2D eigenvalue weighted by molar-refractivity contribution is 0.0698. The van der Waals surface area contributed by atoms with Crippen molar-refractivity contribution in [2.24, 2.45) is 5.92 Å². The van der Waals surface area contributed by atoms with E-state index >= 15 is 0 Å². The molecule has 2 unspecified atom stereocenters.